The van der Waals surface area contributed by atoms with Crippen LogP contribution < -0.4 is 14.8 Å². The fourth-order valence-electron chi connectivity index (χ4n) is 3.56. The van der Waals surface area contributed by atoms with Gasteiger partial charge in [-0.2, -0.15) is 4.31 Å². The first-order valence-corrected chi connectivity index (χ1v) is 11.3. The summed E-state index contributed by atoms with van der Waals surface area (Å²) in [4.78, 5) is 12.9. The van der Waals surface area contributed by atoms with Gasteiger partial charge < -0.3 is 14.8 Å². The van der Waals surface area contributed by atoms with E-state index in [2.05, 4.69) is 5.32 Å². The number of carbonyl (C=O) groups is 1. The highest BCUT2D eigenvalue weighted by atomic mass is 32.2. The van der Waals surface area contributed by atoms with Gasteiger partial charge in [0.15, 0.2) is 11.5 Å². The predicted octanol–water partition coefficient (Wildman–Crippen LogP) is 3.36. The van der Waals surface area contributed by atoms with E-state index in [0.717, 1.165) is 16.8 Å². The van der Waals surface area contributed by atoms with E-state index in [-0.39, 0.29) is 17.3 Å². The normalized spacial score (nSPS) is 17.4. The first kappa shape index (κ1) is 22.1. The van der Waals surface area contributed by atoms with Crippen LogP contribution in [0.5, 0.6) is 11.5 Å². The lowest BCUT2D eigenvalue weighted by molar-refractivity contribution is -0.120. The van der Waals surface area contributed by atoms with Gasteiger partial charge in [0.05, 0.1) is 25.0 Å². The second-order valence-electron chi connectivity index (χ2n) is 7.51. The van der Waals surface area contributed by atoms with Crippen molar-refractivity contribution < 1.29 is 22.7 Å². The number of ether oxygens (including phenoxy) is 2. The average molecular weight is 433 g/mol. The lowest BCUT2D eigenvalue weighted by Gasteiger charge is -2.31. The van der Waals surface area contributed by atoms with Crippen LogP contribution in [0.3, 0.4) is 0 Å². The zero-order chi connectivity index (χ0) is 21.9. The number of carbonyl (C=O) groups excluding carboxylic acids is 1. The van der Waals surface area contributed by atoms with Crippen LogP contribution in [-0.4, -0.2) is 45.9 Å². The molecule has 8 heteroatoms. The van der Waals surface area contributed by atoms with Crippen LogP contribution in [0.4, 0.5) is 5.69 Å². The Kier molecular flexibility index (Phi) is 6.67. The second kappa shape index (κ2) is 9.06. The molecule has 1 fully saturated rings. The number of benzene rings is 2. The number of anilines is 1. The highest BCUT2D eigenvalue weighted by Crippen LogP contribution is 2.32. The summed E-state index contributed by atoms with van der Waals surface area (Å²) in [6.07, 6.45) is 1.27. The van der Waals surface area contributed by atoms with Gasteiger partial charge in [-0.1, -0.05) is 6.07 Å². The molecule has 7 nitrogen and oxygen atoms in total. The Bertz CT molecular complexity index is 1040. The van der Waals surface area contributed by atoms with E-state index in [1.807, 2.05) is 32.0 Å². The highest BCUT2D eigenvalue weighted by Gasteiger charge is 2.33. The molecule has 1 saturated heterocycles. The molecule has 162 valence electrons. The number of hydrogen-bond acceptors (Lipinski definition) is 5. The summed E-state index contributed by atoms with van der Waals surface area (Å²) >= 11 is 0. The lowest BCUT2D eigenvalue weighted by Crippen LogP contribution is -2.43. The summed E-state index contributed by atoms with van der Waals surface area (Å²) in [7, 11) is -0.797. The van der Waals surface area contributed by atoms with Crippen LogP contribution in [0.2, 0.25) is 0 Å². The SMILES string of the molecule is COc1ccc(S(=O)(=O)N2CCC[C@@H](C(=O)Nc3ccc(C)c(C)c3)C2)cc1OC. The van der Waals surface area contributed by atoms with Crippen molar-refractivity contribution in [1.82, 2.24) is 4.31 Å². The third-order valence-electron chi connectivity index (χ3n) is 5.52. The maximum absolute atomic E-state index is 13.2. The number of aryl methyl sites for hydroxylation is 2. The van der Waals surface area contributed by atoms with Crippen molar-refractivity contribution >= 4 is 21.6 Å². The molecule has 0 bridgehead atoms. The maximum atomic E-state index is 13.2. The Morgan fingerprint density at radius 2 is 1.77 bits per heavy atom. The van der Waals surface area contributed by atoms with Gasteiger partial charge in [0.2, 0.25) is 15.9 Å². The van der Waals surface area contributed by atoms with Crippen molar-refractivity contribution in [3.63, 3.8) is 0 Å². The largest absolute Gasteiger partial charge is 0.493 e. The van der Waals surface area contributed by atoms with E-state index >= 15 is 0 Å². The fraction of sp³-hybridized carbons (Fsp3) is 0.409. The molecule has 0 unspecified atom stereocenters. The minimum atomic E-state index is -3.75. The number of nitrogens with one attached hydrogen (secondary N) is 1. The lowest BCUT2D eigenvalue weighted by atomic mass is 9.98. The number of nitrogens with zero attached hydrogens (tertiary/aromatic N) is 1. The Labute approximate surface area is 178 Å². The molecule has 1 amide bonds. The van der Waals surface area contributed by atoms with Crippen molar-refractivity contribution in [3.8, 4) is 11.5 Å². The van der Waals surface area contributed by atoms with Crippen molar-refractivity contribution in [2.75, 3.05) is 32.6 Å². The average Bonchev–Trinajstić information content (AvgIpc) is 2.75. The minimum Gasteiger partial charge on any atom is -0.493 e. The summed E-state index contributed by atoms with van der Waals surface area (Å²) < 4.78 is 38.1. The number of methoxy groups -OCH3 is 2. The van der Waals surface area contributed by atoms with Crippen LogP contribution in [0.1, 0.15) is 24.0 Å². The van der Waals surface area contributed by atoms with Gasteiger partial charge in [-0.15, -0.1) is 0 Å². The first-order chi connectivity index (χ1) is 14.3. The van der Waals surface area contributed by atoms with Crippen LogP contribution >= 0.6 is 0 Å². The third-order valence-corrected chi connectivity index (χ3v) is 7.38. The van der Waals surface area contributed by atoms with Crippen LogP contribution in [0.25, 0.3) is 0 Å². The topological polar surface area (TPSA) is 84.9 Å². The second-order valence-corrected chi connectivity index (χ2v) is 9.45. The van der Waals surface area contributed by atoms with E-state index in [4.69, 9.17) is 9.47 Å². The van der Waals surface area contributed by atoms with E-state index < -0.39 is 15.9 Å². The van der Waals surface area contributed by atoms with Gasteiger partial charge in [0.1, 0.15) is 0 Å². The molecule has 0 spiro atoms. The van der Waals surface area contributed by atoms with Gasteiger partial charge in [0, 0.05) is 24.8 Å². The highest BCUT2D eigenvalue weighted by molar-refractivity contribution is 7.89. The van der Waals surface area contributed by atoms with E-state index in [1.165, 1.54) is 30.7 Å². The molecule has 1 aliphatic heterocycles. The van der Waals surface area contributed by atoms with Crippen molar-refractivity contribution in [2.45, 2.75) is 31.6 Å². The molecule has 30 heavy (non-hydrogen) atoms. The van der Waals surface area contributed by atoms with Gasteiger partial charge in [-0.25, -0.2) is 8.42 Å². The standard InChI is InChI=1S/C22H28N2O5S/c1-15-7-8-18(12-16(15)2)23-22(25)17-6-5-11-24(14-17)30(26,27)19-9-10-20(28-3)21(13-19)29-4/h7-10,12-13,17H,5-6,11,14H2,1-4H3,(H,23,25)/t17-/m1/s1. The van der Waals surface area contributed by atoms with E-state index in [0.29, 0.717) is 30.9 Å². The first-order valence-electron chi connectivity index (χ1n) is 9.86. The van der Waals surface area contributed by atoms with Gasteiger partial charge in [-0.05, 0) is 62.1 Å². The molecule has 1 aliphatic rings. The Hall–Kier alpha value is -2.58. The zero-order valence-electron chi connectivity index (χ0n) is 17.8. The minimum absolute atomic E-state index is 0.121. The van der Waals surface area contributed by atoms with Crippen LogP contribution in [0, 0.1) is 19.8 Å². The molecular weight excluding hydrogens is 404 g/mol. The smallest absolute Gasteiger partial charge is 0.243 e. The summed E-state index contributed by atoms with van der Waals surface area (Å²) in [6.45, 7) is 4.53. The molecule has 0 radical (unpaired) electrons. The Morgan fingerprint density at radius 1 is 1.03 bits per heavy atom. The van der Waals surface area contributed by atoms with Gasteiger partial charge in [-0.3, -0.25) is 4.79 Å². The molecule has 3 rings (SSSR count). The summed E-state index contributed by atoms with van der Waals surface area (Å²) in [6, 6.07) is 10.3. The number of amides is 1. The summed E-state index contributed by atoms with van der Waals surface area (Å²) in [5.41, 5.74) is 2.97. The summed E-state index contributed by atoms with van der Waals surface area (Å²) in [5.74, 6) is 0.237. The van der Waals surface area contributed by atoms with E-state index in [1.54, 1.807) is 6.07 Å². The number of hydrogen-bond donors (Lipinski definition) is 1. The van der Waals surface area contributed by atoms with E-state index in [9.17, 15) is 13.2 Å². The van der Waals surface area contributed by atoms with Crippen molar-refractivity contribution in [3.05, 3.63) is 47.5 Å². The molecule has 0 aliphatic carbocycles. The number of piperidine rings is 1. The number of rotatable bonds is 6. The molecule has 2 aromatic carbocycles. The fourth-order valence-corrected chi connectivity index (χ4v) is 5.10. The molecule has 0 saturated carbocycles. The molecule has 2 aromatic rings. The van der Waals surface area contributed by atoms with Crippen LogP contribution in [-0.2, 0) is 14.8 Å². The Morgan fingerprint density at radius 3 is 2.43 bits per heavy atom. The third kappa shape index (κ3) is 4.60. The number of sulfonamides is 1. The monoisotopic (exact) mass is 432 g/mol. The molecule has 0 aromatic heterocycles. The molecule has 1 heterocycles. The predicted molar refractivity (Wildman–Crippen MR) is 116 cm³/mol. The molecular formula is C22H28N2O5S. The van der Waals surface area contributed by atoms with Gasteiger partial charge in [0.25, 0.3) is 0 Å². The zero-order valence-corrected chi connectivity index (χ0v) is 18.6. The summed E-state index contributed by atoms with van der Waals surface area (Å²) in [5, 5.41) is 2.93. The molecule has 1 atom stereocenters. The maximum Gasteiger partial charge on any atom is 0.243 e. The molecule has 1 N–H and O–H groups in total. The van der Waals surface area contributed by atoms with Crippen LogP contribution in [0.15, 0.2) is 41.3 Å². The van der Waals surface area contributed by atoms with Crippen molar-refractivity contribution in [1.29, 1.82) is 0 Å². The van der Waals surface area contributed by atoms with Crippen molar-refractivity contribution in [2.24, 2.45) is 5.92 Å². The van der Waals surface area contributed by atoms with Gasteiger partial charge >= 0.3 is 0 Å². The Balaban J connectivity index is 1.76. The quantitative estimate of drug-likeness (QED) is 0.757.